The van der Waals surface area contributed by atoms with E-state index < -0.39 is 5.97 Å². The topological polar surface area (TPSA) is 75.1 Å². The van der Waals surface area contributed by atoms with Crippen LogP contribution in [0.4, 0.5) is 11.6 Å². The minimum Gasteiger partial charge on any atom is -0.478 e. The van der Waals surface area contributed by atoms with Crippen LogP contribution in [-0.4, -0.2) is 21.0 Å². The fourth-order valence-corrected chi connectivity index (χ4v) is 1.78. The first kappa shape index (κ1) is 13.9. The van der Waals surface area contributed by atoms with Crippen LogP contribution >= 0.6 is 34.8 Å². The third-order valence-corrected chi connectivity index (χ3v) is 3.23. The summed E-state index contributed by atoms with van der Waals surface area (Å²) in [5.74, 6) is -0.904. The first-order chi connectivity index (χ1) is 8.97. The number of nitrogens with zero attached hydrogens (tertiary/aromatic N) is 2. The molecule has 1 aromatic heterocycles. The molecule has 0 saturated carbocycles. The van der Waals surface area contributed by atoms with Gasteiger partial charge in [0.05, 0.1) is 5.56 Å². The van der Waals surface area contributed by atoms with Gasteiger partial charge in [-0.25, -0.2) is 4.79 Å². The van der Waals surface area contributed by atoms with Crippen molar-refractivity contribution >= 4 is 52.4 Å². The van der Waals surface area contributed by atoms with E-state index in [0.29, 0.717) is 5.69 Å². The summed E-state index contributed by atoms with van der Waals surface area (Å²) in [7, 11) is 0. The molecule has 0 aliphatic heterocycles. The summed E-state index contributed by atoms with van der Waals surface area (Å²) in [6, 6.07) is 6.15. The van der Waals surface area contributed by atoms with Gasteiger partial charge in [-0.2, -0.15) is 9.97 Å². The number of benzene rings is 1. The van der Waals surface area contributed by atoms with Crippen molar-refractivity contribution in [3.8, 4) is 0 Å². The lowest BCUT2D eigenvalue weighted by atomic mass is 10.2. The van der Waals surface area contributed by atoms with E-state index in [4.69, 9.17) is 39.9 Å². The zero-order valence-corrected chi connectivity index (χ0v) is 11.5. The van der Waals surface area contributed by atoms with Gasteiger partial charge in [-0.05, 0) is 18.2 Å². The molecule has 0 fully saturated rings. The predicted octanol–water partition coefficient (Wildman–Crippen LogP) is 3.88. The second-order valence-corrected chi connectivity index (χ2v) is 4.55. The average molecular weight is 319 g/mol. The van der Waals surface area contributed by atoms with Crippen molar-refractivity contribution in [2.24, 2.45) is 0 Å². The zero-order valence-electron chi connectivity index (χ0n) is 9.19. The molecular weight excluding hydrogens is 312 g/mol. The highest BCUT2D eigenvalue weighted by Crippen LogP contribution is 2.28. The third-order valence-electron chi connectivity index (χ3n) is 2.14. The molecule has 0 saturated heterocycles. The van der Waals surface area contributed by atoms with Crippen LogP contribution in [0.25, 0.3) is 0 Å². The molecule has 0 aliphatic carbocycles. The smallest absolute Gasteiger partial charge is 0.335 e. The van der Waals surface area contributed by atoms with E-state index in [9.17, 15) is 4.79 Å². The Balaban J connectivity index is 2.31. The standard InChI is InChI=1S/C11H6Cl3N3O2/c12-7-8(13)16-11(17-9(7)14)15-6-3-1-2-5(4-6)10(18)19/h1-4H,(H,18,19)(H,15,16,17). The van der Waals surface area contributed by atoms with Crippen molar-refractivity contribution in [3.05, 3.63) is 45.2 Å². The largest absolute Gasteiger partial charge is 0.478 e. The number of carbonyl (C=O) groups is 1. The molecule has 0 atom stereocenters. The maximum absolute atomic E-state index is 10.8. The highest BCUT2D eigenvalue weighted by atomic mass is 35.5. The monoisotopic (exact) mass is 317 g/mol. The minimum absolute atomic E-state index is 0.0126. The van der Waals surface area contributed by atoms with Crippen LogP contribution in [-0.2, 0) is 0 Å². The number of aromatic carboxylic acids is 1. The van der Waals surface area contributed by atoms with Crippen LogP contribution in [0, 0.1) is 0 Å². The summed E-state index contributed by atoms with van der Waals surface area (Å²) in [6.07, 6.45) is 0. The van der Waals surface area contributed by atoms with Gasteiger partial charge in [-0.1, -0.05) is 40.9 Å². The lowest BCUT2D eigenvalue weighted by molar-refractivity contribution is 0.0697. The van der Waals surface area contributed by atoms with Gasteiger partial charge in [-0.15, -0.1) is 0 Å². The highest BCUT2D eigenvalue weighted by Gasteiger charge is 2.10. The number of nitrogens with one attached hydrogen (secondary N) is 1. The van der Waals surface area contributed by atoms with E-state index in [1.54, 1.807) is 12.1 Å². The summed E-state index contributed by atoms with van der Waals surface area (Å²) in [6.45, 7) is 0. The van der Waals surface area contributed by atoms with Gasteiger partial charge in [0.15, 0.2) is 10.3 Å². The van der Waals surface area contributed by atoms with Crippen LogP contribution in [0.1, 0.15) is 10.4 Å². The summed E-state index contributed by atoms with van der Waals surface area (Å²) < 4.78 is 0. The van der Waals surface area contributed by atoms with Gasteiger partial charge < -0.3 is 10.4 Å². The van der Waals surface area contributed by atoms with Gasteiger partial charge in [0.25, 0.3) is 0 Å². The van der Waals surface area contributed by atoms with Gasteiger partial charge in [0, 0.05) is 5.69 Å². The Morgan fingerprint density at radius 1 is 1.16 bits per heavy atom. The van der Waals surface area contributed by atoms with Crippen molar-refractivity contribution in [1.29, 1.82) is 0 Å². The van der Waals surface area contributed by atoms with Crippen molar-refractivity contribution in [2.45, 2.75) is 0 Å². The normalized spacial score (nSPS) is 10.3. The fraction of sp³-hybridized carbons (Fsp3) is 0. The number of hydrogen-bond acceptors (Lipinski definition) is 4. The molecule has 19 heavy (non-hydrogen) atoms. The predicted molar refractivity (Wildman–Crippen MR) is 73.7 cm³/mol. The SMILES string of the molecule is O=C(O)c1cccc(Nc2nc(Cl)c(Cl)c(Cl)n2)c1. The first-order valence-corrected chi connectivity index (χ1v) is 6.09. The number of anilines is 2. The fourth-order valence-electron chi connectivity index (χ4n) is 1.31. The van der Waals surface area contributed by atoms with Crippen LogP contribution in [0.3, 0.4) is 0 Å². The molecule has 1 aromatic carbocycles. The maximum Gasteiger partial charge on any atom is 0.335 e. The second-order valence-electron chi connectivity index (χ2n) is 3.45. The number of hydrogen-bond donors (Lipinski definition) is 2. The lowest BCUT2D eigenvalue weighted by Gasteiger charge is -2.07. The minimum atomic E-state index is -1.03. The van der Waals surface area contributed by atoms with E-state index >= 15 is 0 Å². The number of carboxylic acid groups (broad SMARTS) is 1. The van der Waals surface area contributed by atoms with Gasteiger partial charge in [-0.3, -0.25) is 0 Å². The molecule has 2 rings (SSSR count). The van der Waals surface area contributed by atoms with Crippen LogP contribution in [0.5, 0.6) is 0 Å². The van der Waals surface area contributed by atoms with E-state index in [1.165, 1.54) is 12.1 Å². The van der Waals surface area contributed by atoms with E-state index in [0.717, 1.165) is 0 Å². The van der Waals surface area contributed by atoms with Gasteiger partial charge in [0.2, 0.25) is 5.95 Å². The Morgan fingerprint density at radius 3 is 2.37 bits per heavy atom. The van der Waals surface area contributed by atoms with E-state index in [2.05, 4.69) is 15.3 Å². The highest BCUT2D eigenvalue weighted by molar-refractivity contribution is 6.46. The Bertz CT molecular complexity index is 626. The van der Waals surface area contributed by atoms with Crippen LogP contribution in [0.15, 0.2) is 24.3 Å². The van der Waals surface area contributed by atoms with Gasteiger partial charge >= 0.3 is 5.97 Å². The van der Waals surface area contributed by atoms with Crippen molar-refractivity contribution in [3.63, 3.8) is 0 Å². The molecule has 1 heterocycles. The molecule has 0 radical (unpaired) electrons. The van der Waals surface area contributed by atoms with Crippen molar-refractivity contribution in [1.82, 2.24) is 9.97 Å². The number of halogens is 3. The van der Waals surface area contributed by atoms with E-state index in [-0.39, 0.29) is 26.8 Å². The molecule has 0 bridgehead atoms. The van der Waals surface area contributed by atoms with Crippen molar-refractivity contribution < 1.29 is 9.90 Å². The molecular formula is C11H6Cl3N3O2. The number of carboxylic acids is 1. The molecule has 0 amide bonds. The molecule has 8 heteroatoms. The zero-order chi connectivity index (χ0) is 14.0. The Labute approximate surface area is 123 Å². The molecule has 0 unspecified atom stereocenters. The molecule has 5 nitrogen and oxygen atoms in total. The molecule has 0 spiro atoms. The Morgan fingerprint density at radius 2 is 1.79 bits per heavy atom. The number of aromatic nitrogens is 2. The molecule has 0 aliphatic rings. The summed E-state index contributed by atoms with van der Waals surface area (Å²) in [5.41, 5.74) is 0.630. The molecule has 98 valence electrons. The number of rotatable bonds is 3. The maximum atomic E-state index is 10.8. The quantitative estimate of drug-likeness (QED) is 0.840. The van der Waals surface area contributed by atoms with Crippen LogP contribution < -0.4 is 5.32 Å². The first-order valence-electron chi connectivity index (χ1n) is 4.96. The summed E-state index contributed by atoms with van der Waals surface area (Å²) in [5, 5.41) is 11.8. The summed E-state index contributed by atoms with van der Waals surface area (Å²) in [4.78, 5) is 18.6. The average Bonchev–Trinajstić information content (AvgIpc) is 2.36. The lowest BCUT2D eigenvalue weighted by Crippen LogP contribution is -2.01. The molecule has 2 N–H and O–H groups in total. The molecule has 2 aromatic rings. The Kier molecular flexibility index (Phi) is 4.09. The summed E-state index contributed by atoms with van der Waals surface area (Å²) >= 11 is 17.3. The second kappa shape index (κ2) is 5.61. The third kappa shape index (κ3) is 3.26. The Hall–Kier alpha value is -1.56. The van der Waals surface area contributed by atoms with Crippen molar-refractivity contribution in [2.75, 3.05) is 5.32 Å². The van der Waals surface area contributed by atoms with Crippen LogP contribution in [0.2, 0.25) is 15.3 Å². The van der Waals surface area contributed by atoms with E-state index in [1.807, 2.05) is 0 Å². The van der Waals surface area contributed by atoms with Gasteiger partial charge in [0.1, 0.15) is 5.02 Å².